The van der Waals surface area contributed by atoms with Crippen LogP contribution in [0.4, 0.5) is 8.78 Å². The van der Waals surface area contributed by atoms with E-state index < -0.39 is 12.0 Å². The normalized spacial score (nSPS) is 20.1. The van der Waals surface area contributed by atoms with E-state index in [2.05, 4.69) is 15.1 Å². The first kappa shape index (κ1) is 17.4. The first-order valence-electron chi connectivity index (χ1n) is 8.57. The Morgan fingerprint density at radius 3 is 2.67 bits per heavy atom. The van der Waals surface area contributed by atoms with E-state index in [4.69, 9.17) is 9.26 Å². The van der Waals surface area contributed by atoms with Gasteiger partial charge < -0.3 is 14.4 Å². The lowest BCUT2D eigenvalue weighted by molar-refractivity contribution is 0.0930. The minimum absolute atomic E-state index is 0.0271. The van der Waals surface area contributed by atoms with Crippen molar-refractivity contribution < 1.29 is 23.1 Å². The molecule has 0 bridgehead atoms. The fourth-order valence-electron chi connectivity index (χ4n) is 3.12. The van der Waals surface area contributed by atoms with E-state index in [1.54, 1.807) is 12.1 Å². The fraction of sp³-hybridized carbons (Fsp3) is 0.316. The summed E-state index contributed by atoms with van der Waals surface area (Å²) in [5.41, 5.74) is 1.44. The van der Waals surface area contributed by atoms with Gasteiger partial charge in [-0.05, 0) is 48.5 Å². The Hall–Kier alpha value is -3.03. The van der Waals surface area contributed by atoms with Crippen LogP contribution in [0.2, 0.25) is 0 Å². The summed E-state index contributed by atoms with van der Waals surface area (Å²) in [4.78, 5) is 8.36. The second kappa shape index (κ2) is 6.94. The molecule has 2 aromatic heterocycles. The summed E-state index contributed by atoms with van der Waals surface area (Å²) >= 11 is 0. The fourth-order valence-corrected chi connectivity index (χ4v) is 3.12. The Labute approximate surface area is 153 Å². The standard InChI is InChI=1S/C19H17F2N3O3/c1-10(20)14-6-11(2-3-15(14)21)12-4-13(5-12)26-19-9-22-16(8-23-19)17-7-18(25)24-27-17/h2-3,6-10,12-13H,4-5H2,1H3,(H,24,25)/t10?,12-,13+. The first-order valence-corrected chi connectivity index (χ1v) is 8.57. The second-order valence-corrected chi connectivity index (χ2v) is 6.59. The number of aromatic hydroxyl groups is 1. The Morgan fingerprint density at radius 2 is 2.04 bits per heavy atom. The summed E-state index contributed by atoms with van der Waals surface area (Å²) in [6, 6.07) is 5.96. The predicted molar refractivity (Wildman–Crippen MR) is 91.5 cm³/mol. The third kappa shape index (κ3) is 3.60. The third-order valence-corrected chi connectivity index (χ3v) is 4.68. The number of halogens is 2. The van der Waals surface area contributed by atoms with E-state index in [0.29, 0.717) is 17.3 Å². The van der Waals surface area contributed by atoms with E-state index >= 15 is 0 Å². The zero-order valence-electron chi connectivity index (χ0n) is 14.5. The maximum absolute atomic E-state index is 13.6. The van der Waals surface area contributed by atoms with Gasteiger partial charge >= 0.3 is 0 Å². The maximum Gasteiger partial charge on any atom is 0.252 e. The van der Waals surface area contributed by atoms with Crippen LogP contribution < -0.4 is 4.74 Å². The maximum atomic E-state index is 13.6. The van der Waals surface area contributed by atoms with Crippen molar-refractivity contribution in [3.8, 4) is 23.2 Å². The minimum Gasteiger partial charge on any atom is -0.491 e. The van der Waals surface area contributed by atoms with Gasteiger partial charge in [0, 0.05) is 5.56 Å². The molecule has 1 aliphatic rings. The summed E-state index contributed by atoms with van der Waals surface area (Å²) < 4.78 is 37.8. The van der Waals surface area contributed by atoms with E-state index in [9.17, 15) is 13.9 Å². The van der Waals surface area contributed by atoms with Gasteiger partial charge in [0.2, 0.25) is 5.88 Å². The molecular formula is C19H17F2N3O3. The van der Waals surface area contributed by atoms with Crippen molar-refractivity contribution in [1.29, 1.82) is 0 Å². The molecule has 1 atom stereocenters. The van der Waals surface area contributed by atoms with Gasteiger partial charge in [-0.15, -0.1) is 0 Å². The van der Waals surface area contributed by atoms with Gasteiger partial charge in [0.25, 0.3) is 5.88 Å². The summed E-state index contributed by atoms with van der Waals surface area (Å²) in [5, 5.41) is 12.6. The van der Waals surface area contributed by atoms with Crippen LogP contribution in [0.5, 0.6) is 11.8 Å². The number of alkyl halides is 1. The first-order chi connectivity index (χ1) is 13.0. The molecule has 8 heteroatoms. The van der Waals surface area contributed by atoms with Crippen molar-refractivity contribution in [3.63, 3.8) is 0 Å². The van der Waals surface area contributed by atoms with Crippen LogP contribution in [0.1, 0.15) is 43.0 Å². The van der Waals surface area contributed by atoms with Crippen molar-refractivity contribution in [3.05, 3.63) is 53.6 Å². The number of ether oxygens (including phenoxy) is 1. The number of hydrogen-bond acceptors (Lipinski definition) is 6. The molecule has 0 amide bonds. The van der Waals surface area contributed by atoms with Crippen LogP contribution in [-0.2, 0) is 0 Å². The molecule has 27 heavy (non-hydrogen) atoms. The third-order valence-electron chi connectivity index (χ3n) is 4.68. The highest BCUT2D eigenvalue weighted by Gasteiger charge is 2.33. The van der Waals surface area contributed by atoms with Crippen LogP contribution in [0.15, 0.2) is 41.2 Å². The molecule has 1 saturated carbocycles. The highest BCUT2D eigenvalue weighted by atomic mass is 19.1. The molecule has 6 nitrogen and oxygen atoms in total. The molecule has 4 rings (SSSR count). The highest BCUT2D eigenvalue weighted by molar-refractivity contribution is 5.51. The van der Waals surface area contributed by atoms with Crippen LogP contribution in [-0.4, -0.2) is 26.3 Å². The van der Waals surface area contributed by atoms with Crippen LogP contribution in [0.3, 0.4) is 0 Å². The Morgan fingerprint density at radius 1 is 1.22 bits per heavy atom. The SMILES string of the molecule is CC(F)c1cc([C@H]2C[C@@H](Oc3cnc(-c4cc(O)no4)cn3)C2)ccc1F. The van der Waals surface area contributed by atoms with Gasteiger partial charge in [-0.1, -0.05) is 6.07 Å². The van der Waals surface area contributed by atoms with Gasteiger partial charge in [0.15, 0.2) is 5.76 Å². The topological polar surface area (TPSA) is 81.3 Å². The molecule has 3 aromatic rings. The highest BCUT2D eigenvalue weighted by Crippen LogP contribution is 2.40. The summed E-state index contributed by atoms with van der Waals surface area (Å²) in [6.07, 6.45) is 3.07. The van der Waals surface area contributed by atoms with Crippen molar-refractivity contribution in [2.24, 2.45) is 0 Å². The van der Waals surface area contributed by atoms with Crippen molar-refractivity contribution >= 4 is 0 Å². The summed E-state index contributed by atoms with van der Waals surface area (Å²) in [7, 11) is 0. The molecule has 0 aliphatic heterocycles. The number of rotatable bonds is 5. The van der Waals surface area contributed by atoms with Crippen LogP contribution in [0, 0.1) is 5.82 Å². The average molecular weight is 373 g/mol. The van der Waals surface area contributed by atoms with Crippen LogP contribution in [0.25, 0.3) is 11.5 Å². The second-order valence-electron chi connectivity index (χ2n) is 6.59. The smallest absolute Gasteiger partial charge is 0.252 e. The molecule has 0 saturated heterocycles. The minimum atomic E-state index is -1.34. The lowest BCUT2D eigenvalue weighted by Crippen LogP contribution is -2.32. The van der Waals surface area contributed by atoms with Crippen LogP contribution >= 0.6 is 0 Å². The molecule has 1 aliphatic carbocycles. The van der Waals surface area contributed by atoms with Crippen molar-refractivity contribution in [2.75, 3.05) is 0 Å². The lowest BCUT2D eigenvalue weighted by atomic mass is 9.77. The monoisotopic (exact) mass is 373 g/mol. The molecule has 1 fully saturated rings. The number of hydrogen-bond donors (Lipinski definition) is 1. The van der Waals surface area contributed by atoms with E-state index in [0.717, 1.165) is 18.4 Å². The van der Waals surface area contributed by atoms with Gasteiger partial charge in [0.05, 0.1) is 18.5 Å². The zero-order chi connectivity index (χ0) is 19.0. The molecule has 140 valence electrons. The summed E-state index contributed by atoms with van der Waals surface area (Å²) in [6.45, 7) is 1.33. The Kier molecular flexibility index (Phi) is 4.47. The summed E-state index contributed by atoms with van der Waals surface area (Å²) in [5.74, 6) is 0.153. The Balaban J connectivity index is 1.36. The van der Waals surface area contributed by atoms with Gasteiger partial charge in [-0.3, -0.25) is 0 Å². The van der Waals surface area contributed by atoms with Gasteiger partial charge in [-0.25, -0.2) is 18.7 Å². The number of nitrogens with zero attached hydrogens (tertiary/aromatic N) is 3. The predicted octanol–water partition coefficient (Wildman–Crippen LogP) is 4.33. The molecule has 0 spiro atoms. The average Bonchev–Trinajstić information content (AvgIpc) is 3.05. The zero-order valence-corrected chi connectivity index (χ0v) is 14.5. The molecular weight excluding hydrogens is 356 g/mol. The lowest BCUT2D eigenvalue weighted by Gasteiger charge is -2.35. The van der Waals surface area contributed by atoms with E-state index in [1.165, 1.54) is 31.5 Å². The molecule has 1 aromatic carbocycles. The molecule has 0 radical (unpaired) electrons. The molecule has 1 unspecified atom stereocenters. The molecule has 1 N–H and O–H groups in total. The molecule has 2 heterocycles. The van der Waals surface area contributed by atoms with Crippen molar-refractivity contribution in [2.45, 2.75) is 38.0 Å². The Bertz CT molecular complexity index is 938. The van der Waals surface area contributed by atoms with E-state index in [-0.39, 0.29) is 23.5 Å². The largest absolute Gasteiger partial charge is 0.491 e. The quantitative estimate of drug-likeness (QED) is 0.717. The van der Waals surface area contributed by atoms with Gasteiger partial charge in [-0.2, -0.15) is 0 Å². The van der Waals surface area contributed by atoms with Crippen molar-refractivity contribution in [1.82, 2.24) is 15.1 Å². The number of benzene rings is 1. The van der Waals surface area contributed by atoms with E-state index in [1.807, 2.05) is 0 Å². The van der Waals surface area contributed by atoms with Gasteiger partial charge in [0.1, 0.15) is 23.8 Å². The number of aromatic nitrogens is 3.